The SMILES string of the molecule is COCCNC(=O)CNC(=O)[C@H](Cc1ccccc1)NC(=O)CNC(=O)CCc1ccc(O)cc1. The molecule has 0 radical (unpaired) electrons. The van der Waals surface area contributed by atoms with E-state index < -0.39 is 17.9 Å². The van der Waals surface area contributed by atoms with Crippen molar-refractivity contribution >= 4 is 23.6 Å². The maximum absolute atomic E-state index is 12.7. The smallest absolute Gasteiger partial charge is 0.243 e. The van der Waals surface area contributed by atoms with Gasteiger partial charge in [-0.3, -0.25) is 19.2 Å². The first-order valence-electron chi connectivity index (χ1n) is 11.3. The number of hydrogen-bond donors (Lipinski definition) is 5. The normalized spacial score (nSPS) is 11.2. The second-order valence-electron chi connectivity index (χ2n) is 7.81. The fourth-order valence-electron chi connectivity index (χ4n) is 3.14. The van der Waals surface area contributed by atoms with Crippen LogP contribution in [0.2, 0.25) is 0 Å². The first-order valence-corrected chi connectivity index (χ1v) is 11.3. The zero-order valence-electron chi connectivity index (χ0n) is 19.7. The zero-order valence-corrected chi connectivity index (χ0v) is 19.7. The molecule has 0 aliphatic carbocycles. The van der Waals surface area contributed by atoms with E-state index in [4.69, 9.17) is 4.74 Å². The van der Waals surface area contributed by atoms with Gasteiger partial charge < -0.3 is 31.1 Å². The van der Waals surface area contributed by atoms with Gasteiger partial charge in [-0.2, -0.15) is 0 Å². The van der Waals surface area contributed by atoms with E-state index in [0.717, 1.165) is 11.1 Å². The predicted molar refractivity (Wildman–Crippen MR) is 129 cm³/mol. The molecule has 2 aromatic rings. The Kier molecular flexibility index (Phi) is 11.8. The highest BCUT2D eigenvalue weighted by Crippen LogP contribution is 2.11. The van der Waals surface area contributed by atoms with E-state index in [1.807, 2.05) is 30.3 Å². The molecule has 2 aromatic carbocycles. The van der Waals surface area contributed by atoms with Crippen LogP contribution in [0, 0.1) is 0 Å². The van der Waals surface area contributed by atoms with E-state index in [0.29, 0.717) is 19.6 Å². The monoisotopic (exact) mass is 484 g/mol. The summed E-state index contributed by atoms with van der Waals surface area (Å²) in [7, 11) is 1.52. The third-order valence-electron chi connectivity index (χ3n) is 5.01. The van der Waals surface area contributed by atoms with Gasteiger partial charge in [0.2, 0.25) is 23.6 Å². The maximum atomic E-state index is 12.7. The van der Waals surface area contributed by atoms with Crippen molar-refractivity contribution in [2.75, 3.05) is 33.4 Å². The summed E-state index contributed by atoms with van der Waals surface area (Å²) < 4.78 is 4.86. The van der Waals surface area contributed by atoms with Crippen molar-refractivity contribution in [1.29, 1.82) is 0 Å². The Bertz CT molecular complexity index is 966. The molecule has 0 unspecified atom stereocenters. The lowest BCUT2D eigenvalue weighted by Gasteiger charge is -2.19. The molecule has 0 heterocycles. The molecular weight excluding hydrogens is 452 g/mol. The molecule has 0 spiro atoms. The van der Waals surface area contributed by atoms with Crippen LogP contribution in [0.25, 0.3) is 0 Å². The summed E-state index contributed by atoms with van der Waals surface area (Å²) in [5.41, 5.74) is 1.71. The van der Waals surface area contributed by atoms with Crippen molar-refractivity contribution < 1.29 is 29.0 Å². The van der Waals surface area contributed by atoms with E-state index >= 15 is 0 Å². The number of carbonyl (C=O) groups excluding carboxylic acids is 4. The van der Waals surface area contributed by atoms with Gasteiger partial charge in [0.1, 0.15) is 11.8 Å². The second-order valence-corrected chi connectivity index (χ2v) is 7.81. The summed E-state index contributed by atoms with van der Waals surface area (Å²) in [6, 6.07) is 14.8. The van der Waals surface area contributed by atoms with E-state index in [9.17, 15) is 24.3 Å². The number of phenols is 1. The average Bonchev–Trinajstić information content (AvgIpc) is 2.86. The Labute approximate surface area is 204 Å². The number of aryl methyl sites for hydroxylation is 1. The summed E-state index contributed by atoms with van der Waals surface area (Å²) >= 11 is 0. The van der Waals surface area contributed by atoms with Gasteiger partial charge >= 0.3 is 0 Å². The minimum Gasteiger partial charge on any atom is -0.508 e. The minimum atomic E-state index is -0.925. The molecular formula is C25H32N4O6. The number of nitrogens with one attached hydrogen (secondary N) is 4. The van der Waals surface area contributed by atoms with Crippen LogP contribution in [0.1, 0.15) is 17.5 Å². The first kappa shape index (κ1) is 27.3. The molecule has 2 rings (SSSR count). The van der Waals surface area contributed by atoms with E-state index in [-0.39, 0.29) is 43.5 Å². The van der Waals surface area contributed by atoms with Crippen LogP contribution < -0.4 is 21.3 Å². The maximum Gasteiger partial charge on any atom is 0.243 e. The van der Waals surface area contributed by atoms with Crippen molar-refractivity contribution in [2.24, 2.45) is 0 Å². The van der Waals surface area contributed by atoms with Crippen LogP contribution in [0.4, 0.5) is 0 Å². The fraction of sp³-hybridized carbons (Fsp3) is 0.360. The molecule has 4 amide bonds. The van der Waals surface area contributed by atoms with Gasteiger partial charge in [0.25, 0.3) is 0 Å². The highest BCUT2D eigenvalue weighted by molar-refractivity contribution is 5.92. The third kappa shape index (κ3) is 11.2. The molecule has 35 heavy (non-hydrogen) atoms. The largest absolute Gasteiger partial charge is 0.508 e. The van der Waals surface area contributed by atoms with Crippen molar-refractivity contribution in [2.45, 2.75) is 25.3 Å². The Hall–Kier alpha value is -3.92. The molecule has 10 heteroatoms. The number of aromatic hydroxyl groups is 1. The van der Waals surface area contributed by atoms with Crippen LogP contribution in [-0.4, -0.2) is 68.1 Å². The number of amides is 4. The fourth-order valence-corrected chi connectivity index (χ4v) is 3.14. The van der Waals surface area contributed by atoms with Crippen molar-refractivity contribution in [3.05, 3.63) is 65.7 Å². The van der Waals surface area contributed by atoms with Crippen LogP contribution >= 0.6 is 0 Å². The predicted octanol–water partition coefficient (Wildman–Crippen LogP) is 0.0473. The van der Waals surface area contributed by atoms with Crippen LogP contribution in [0.3, 0.4) is 0 Å². The van der Waals surface area contributed by atoms with Gasteiger partial charge in [-0.05, 0) is 29.7 Å². The van der Waals surface area contributed by atoms with Crippen molar-refractivity contribution in [3.8, 4) is 5.75 Å². The molecule has 0 aliphatic heterocycles. The summed E-state index contributed by atoms with van der Waals surface area (Å²) in [6.07, 6.45) is 0.849. The Morgan fingerprint density at radius 2 is 1.51 bits per heavy atom. The van der Waals surface area contributed by atoms with Gasteiger partial charge in [0.05, 0.1) is 19.7 Å². The van der Waals surface area contributed by atoms with Gasteiger partial charge in [-0.25, -0.2) is 0 Å². The van der Waals surface area contributed by atoms with Gasteiger partial charge in [-0.15, -0.1) is 0 Å². The van der Waals surface area contributed by atoms with E-state index in [1.165, 1.54) is 7.11 Å². The lowest BCUT2D eigenvalue weighted by Crippen LogP contribution is -2.52. The highest BCUT2D eigenvalue weighted by atomic mass is 16.5. The van der Waals surface area contributed by atoms with Gasteiger partial charge in [-0.1, -0.05) is 42.5 Å². The Morgan fingerprint density at radius 1 is 0.829 bits per heavy atom. The molecule has 10 nitrogen and oxygen atoms in total. The van der Waals surface area contributed by atoms with Crippen LogP contribution in [0.5, 0.6) is 5.75 Å². The Morgan fingerprint density at radius 3 is 2.20 bits per heavy atom. The summed E-state index contributed by atoms with van der Waals surface area (Å²) in [4.78, 5) is 49.1. The number of rotatable bonds is 14. The molecule has 188 valence electrons. The molecule has 0 aliphatic rings. The standard InChI is InChI=1S/C25H32N4O6/c1-35-14-13-26-23(32)16-28-25(34)21(15-19-5-3-2-4-6-19)29-24(33)17-27-22(31)12-9-18-7-10-20(30)11-8-18/h2-8,10-11,21,30H,9,12-17H2,1H3,(H,26,32)(H,27,31)(H,28,34)(H,29,33)/t21-/m0/s1. The van der Waals surface area contributed by atoms with E-state index in [2.05, 4.69) is 21.3 Å². The number of hydrogen-bond acceptors (Lipinski definition) is 6. The van der Waals surface area contributed by atoms with Crippen LogP contribution in [0.15, 0.2) is 54.6 Å². The van der Waals surface area contributed by atoms with E-state index in [1.54, 1.807) is 24.3 Å². The van der Waals surface area contributed by atoms with Gasteiger partial charge in [0.15, 0.2) is 0 Å². The number of phenolic OH excluding ortho intramolecular Hbond substituents is 1. The highest BCUT2D eigenvalue weighted by Gasteiger charge is 2.22. The molecule has 0 saturated heterocycles. The molecule has 0 saturated carbocycles. The number of methoxy groups -OCH3 is 1. The molecule has 1 atom stereocenters. The van der Waals surface area contributed by atoms with Crippen LogP contribution in [-0.2, 0) is 36.8 Å². The lowest BCUT2D eigenvalue weighted by molar-refractivity contribution is -0.130. The van der Waals surface area contributed by atoms with Gasteiger partial charge in [0, 0.05) is 26.5 Å². The number of benzene rings is 2. The number of carbonyl (C=O) groups is 4. The lowest BCUT2D eigenvalue weighted by atomic mass is 10.1. The number of ether oxygens (including phenoxy) is 1. The zero-order chi connectivity index (χ0) is 25.5. The molecule has 0 aromatic heterocycles. The third-order valence-corrected chi connectivity index (χ3v) is 5.01. The minimum absolute atomic E-state index is 0.149. The summed E-state index contributed by atoms with van der Waals surface area (Å²) in [6.45, 7) is 0.150. The van der Waals surface area contributed by atoms with Crippen molar-refractivity contribution in [3.63, 3.8) is 0 Å². The average molecular weight is 485 g/mol. The first-order chi connectivity index (χ1) is 16.9. The summed E-state index contributed by atoms with van der Waals surface area (Å²) in [5, 5.41) is 19.6. The topological polar surface area (TPSA) is 146 Å². The molecule has 5 N–H and O–H groups in total. The summed E-state index contributed by atoms with van der Waals surface area (Å²) in [5.74, 6) is -1.58. The Balaban J connectivity index is 1.84. The molecule has 0 bridgehead atoms. The molecule has 0 fully saturated rings. The quantitative estimate of drug-likeness (QED) is 0.240. The second kappa shape index (κ2) is 15.1. The van der Waals surface area contributed by atoms with Crippen molar-refractivity contribution in [1.82, 2.24) is 21.3 Å².